The molecule has 8 nitrogen and oxygen atoms in total. The lowest BCUT2D eigenvalue weighted by Crippen LogP contribution is -2.51. The summed E-state index contributed by atoms with van der Waals surface area (Å²) in [6.07, 6.45) is 1.18. The van der Waals surface area contributed by atoms with Gasteiger partial charge in [-0.25, -0.2) is 9.59 Å². The van der Waals surface area contributed by atoms with Crippen LogP contribution in [0.5, 0.6) is 0 Å². The molecule has 1 aromatic carbocycles. The Balaban J connectivity index is 1.93. The van der Waals surface area contributed by atoms with Gasteiger partial charge >= 0.3 is 12.0 Å². The van der Waals surface area contributed by atoms with Crippen LogP contribution in [0.4, 0.5) is 4.79 Å². The molecule has 25 heavy (non-hydrogen) atoms. The van der Waals surface area contributed by atoms with Gasteiger partial charge in [0.05, 0.1) is 10.6 Å². The van der Waals surface area contributed by atoms with Crippen molar-refractivity contribution in [2.75, 3.05) is 0 Å². The van der Waals surface area contributed by atoms with Gasteiger partial charge in [0.15, 0.2) is 0 Å². The van der Waals surface area contributed by atoms with E-state index in [-0.39, 0.29) is 21.9 Å². The Bertz CT molecular complexity index is 937. The fourth-order valence-electron chi connectivity index (χ4n) is 2.18. The quantitative estimate of drug-likeness (QED) is 0.568. The Morgan fingerprint density at radius 2 is 1.76 bits per heavy atom. The number of aromatic carboxylic acids is 1. The minimum atomic E-state index is -1.18. The SMILES string of the molecule is O=C1NC(=O)C(=Cc2ccc(-c3ccc(Cl)c(C(=O)O)c3)o2)C(=O)N1. The third-order valence-corrected chi connectivity index (χ3v) is 3.67. The van der Waals surface area contributed by atoms with Gasteiger partial charge in [0, 0.05) is 5.56 Å². The number of carboxylic acids is 1. The summed E-state index contributed by atoms with van der Waals surface area (Å²) >= 11 is 5.82. The lowest BCUT2D eigenvalue weighted by Gasteiger charge is -2.13. The number of hydrogen-bond donors (Lipinski definition) is 3. The highest BCUT2D eigenvalue weighted by Gasteiger charge is 2.28. The number of amides is 4. The van der Waals surface area contributed by atoms with Crippen molar-refractivity contribution >= 4 is 41.5 Å². The van der Waals surface area contributed by atoms with Crippen molar-refractivity contribution in [3.63, 3.8) is 0 Å². The molecule has 0 spiro atoms. The zero-order valence-corrected chi connectivity index (χ0v) is 13.1. The van der Waals surface area contributed by atoms with E-state index in [0.717, 1.165) is 0 Å². The summed E-state index contributed by atoms with van der Waals surface area (Å²) in [6.45, 7) is 0. The monoisotopic (exact) mass is 360 g/mol. The van der Waals surface area contributed by atoms with Gasteiger partial charge in [0.25, 0.3) is 11.8 Å². The Hall–Kier alpha value is -3.39. The third kappa shape index (κ3) is 3.29. The molecule has 3 N–H and O–H groups in total. The smallest absolute Gasteiger partial charge is 0.337 e. The van der Waals surface area contributed by atoms with Crippen molar-refractivity contribution in [2.24, 2.45) is 0 Å². The van der Waals surface area contributed by atoms with Gasteiger partial charge in [0.1, 0.15) is 17.1 Å². The first-order valence-electron chi connectivity index (χ1n) is 6.86. The number of nitrogens with one attached hydrogen (secondary N) is 2. The van der Waals surface area contributed by atoms with Crippen molar-refractivity contribution in [2.45, 2.75) is 0 Å². The highest BCUT2D eigenvalue weighted by Crippen LogP contribution is 2.27. The number of barbiturate groups is 1. The fraction of sp³-hybridized carbons (Fsp3) is 0. The van der Waals surface area contributed by atoms with Gasteiger partial charge in [-0.05, 0) is 36.4 Å². The predicted octanol–water partition coefficient (Wildman–Crippen LogP) is 2.05. The van der Waals surface area contributed by atoms with Gasteiger partial charge in [-0.2, -0.15) is 0 Å². The molecule has 0 unspecified atom stereocenters. The molecule has 2 heterocycles. The van der Waals surface area contributed by atoms with Crippen LogP contribution in [0.1, 0.15) is 16.1 Å². The standard InChI is InChI=1S/C16H9ClN2O6/c17-11-3-1-7(5-9(11)15(22)23)12-4-2-8(25-12)6-10-13(20)18-16(24)19-14(10)21/h1-6H,(H,22,23)(H2,18,19,20,21,24). The number of rotatable bonds is 3. The van der Waals surface area contributed by atoms with Gasteiger partial charge in [-0.3, -0.25) is 20.2 Å². The number of furan rings is 1. The summed E-state index contributed by atoms with van der Waals surface area (Å²) in [5.74, 6) is -2.37. The zero-order chi connectivity index (χ0) is 18.1. The number of halogens is 1. The van der Waals surface area contributed by atoms with Crippen LogP contribution in [-0.2, 0) is 9.59 Å². The highest BCUT2D eigenvalue weighted by atomic mass is 35.5. The summed E-state index contributed by atoms with van der Waals surface area (Å²) in [5, 5.41) is 13.1. The van der Waals surface area contributed by atoms with E-state index in [2.05, 4.69) is 0 Å². The molecule has 1 aliphatic heterocycles. The molecule has 0 atom stereocenters. The van der Waals surface area contributed by atoms with E-state index in [1.165, 1.54) is 24.3 Å². The topological polar surface area (TPSA) is 126 Å². The van der Waals surface area contributed by atoms with Gasteiger partial charge in [-0.15, -0.1) is 0 Å². The van der Waals surface area contributed by atoms with Crippen molar-refractivity contribution < 1.29 is 28.7 Å². The number of carboxylic acid groups (broad SMARTS) is 1. The van der Waals surface area contributed by atoms with Crippen molar-refractivity contribution in [1.29, 1.82) is 0 Å². The average molecular weight is 361 g/mol. The second-order valence-corrected chi connectivity index (χ2v) is 5.40. The molecule has 1 fully saturated rings. The van der Waals surface area contributed by atoms with E-state index >= 15 is 0 Å². The Labute approximate surface area is 145 Å². The Morgan fingerprint density at radius 3 is 2.40 bits per heavy atom. The largest absolute Gasteiger partial charge is 0.478 e. The summed E-state index contributed by atoms with van der Waals surface area (Å²) in [7, 11) is 0. The predicted molar refractivity (Wildman–Crippen MR) is 85.8 cm³/mol. The molecule has 9 heteroatoms. The van der Waals surface area contributed by atoms with Crippen molar-refractivity contribution in [3.05, 3.63) is 52.3 Å². The minimum Gasteiger partial charge on any atom is -0.478 e. The fourth-order valence-corrected chi connectivity index (χ4v) is 2.37. The molecule has 1 saturated heterocycles. The second-order valence-electron chi connectivity index (χ2n) is 5.00. The number of imide groups is 2. The Morgan fingerprint density at radius 1 is 1.08 bits per heavy atom. The maximum Gasteiger partial charge on any atom is 0.337 e. The van der Waals surface area contributed by atoms with Crippen LogP contribution in [-0.4, -0.2) is 28.9 Å². The molecule has 0 bridgehead atoms. The maximum atomic E-state index is 11.7. The molecule has 1 aliphatic rings. The first kappa shape index (κ1) is 16.5. The number of carbonyl (C=O) groups excluding carboxylic acids is 3. The van der Waals surface area contributed by atoms with Gasteiger partial charge < -0.3 is 9.52 Å². The molecular weight excluding hydrogens is 352 g/mol. The van der Waals surface area contributed by atoms with Crippen LogP contribution >= 0.6 is 11.6 Å². The highest BCUT2D eigenvalue weighted by molar-refractivity contribution is 6.33. The van der Waals surface area contributed by atoms with Gasteiger partial charge in [0.2, 0.25) is 0 Å². The van der Waals surface area contributed by atoms with Crippen LogP contribution in [0.15, 0.2) is 40.3 Å². The van der Waals surface area contributed by atoms with Crippen LogP contribution in [0.3, 0.4) is 0 Å². The van der Waals surface area contributed by atoms with Crippen LogP contribution in [0.2, 0.25) is 5.02 Å². The first-order chi connectivity index (χ1) is 11.8. The molecule has 2 aromatic rings. The van der Waals surface area contributed by atoms with E-state index < -0.39 is 23.8 Å². The van der Waals surface area contributed by atoms with Crippen LogP contribution in [0.25, 0.3) is 17.4 Å². The summed E-state index contributed by atoms with van der Waals surface area (Å²) in [6, 6.07) is 6.49. The van der Waals surface area contributed by atoms with E-state index in [9.17, 15) is 19.2 Å². The molecule has 126 valence electrons. The van der Waals surface area contributed by atoms with Crippen LogP contribution in [0, 0.1) is 0 Å². The number of hydrogen-bond acceptors (Lipinski definition) is 5. The minimum absolute atomic E-state index is 0.0833. The lowest BCUT2D eigenvalue weighted by atomic mass is 10.1. The van der Waals surface area contributed by atoms with E-state index in [1.54, 1.807) is 12.1 Å². The maximum absolute atomic E-state index is 11.7. The van der Waals surface area contributed by atoms with E-state index in [4.69, 9.17) is 21.1 Å². The number of benzene rings is 1. The van der Waals surface area contributed by atoms with Crippen LogP contribution < -0.4 is 10.6 Å². The average Bonchev–Trinajstić information content (AvgIpc) is 2.99. The molecule has 3 rings (SSSR count). The summed E-state index contributed by atoms with van der Waals surface area (Å²) in [4.78, 5) is 45.5. The molecular formula is C16H9ClN2O6. The van der Waals surface area contributed by atoms with E-state index in [1.807, 2.05) is 10.6 Å². The van der Waals surface area contributed by atoms with Crippen molar-refractivity contribution in [1.82, 2.24) is 10.6 Å². The summed E-state index contributed by atoms with van der Waals surface area (Å²) < 4.78 is 5.51. The number of carbonyl (C=O) groups is 4. The molecule has 0 saturated carbocycles. The first-order valence-corrected chi connectivity index (χ1v) is 7.24. The molecule has 4 amide bonds. The van der Waals surface area contributed by atoms with Crippen molar-refractivity contribution in [3.8, 4) is 11.3 Å². The summed E-state index contributed by atoms with van der Waals surface area (Å²) in [5.41, 5.74) is 0.0852. The van der Waals surface area contributed by atoms with Gasteiger partial charge in [-0.1, -0.05) is 11.6 Å². The molecule has 0 radical (unpaired) electrons. The second kappa shape index (κ2) is 6.25. The molecule has 1 aromatic heterocycles. The van der Waals surface area contributed by atoms with E-state index in [0.29, 0.717) is 11.3 Å². The third-order valence-electron chi connectivity index (χ3n) is 3.34. The normalized spacial score (nSPS) is 14.1. The lowest BCUT2D eigenvalue weighted by molar-refractivity contribution is -0.123. The number of urea groups is 1. The molecule has 0 aliphatic carbocycles. The zero-order valence-electron chi connectivity index (χ0n) is 12.3. The Kier molecular flexibility index (Phi) is 4.12.